The maximum Gasteiger partial charge on any atom is 0.271 e. The zero-order valence-corrected chi connectivity index (χ0v) is 17.0. The van der Waals surface area contributed by atoms with Crippen molar-refractivity contribution in [2.24, 2.45) is 5.73 Å². The van der Waals surface area contributed by atoms with Crippen molar-refractivity contribution in [3.05, 3.63) is 16.1 Å². The molecule has 0 bridgehead atoms. The number of nitrogens with zero attached hydrogens (tertiary/aromatic N) is 2. The van der Waals surface area contributed by atoms with E-state index in [9.17, 15) is 20.1 Å². The van der Waals surface area contributed by atoms with Crippen LogP contribution in [0, 0.1) is 0 Å². The first-order valence-corrected chi connectivity index (χ1v) is 9.48. The normalized spacial score (nSPS) is 12.6. The third-order valence-electron chi connectivity index (χ3n) is 4.04. The molecule has 0 aromatic carbocycles. The number of rotatable bonds is 9. The number of amides is 1. The minimum absolute atomic E-state index is 0.0819. The van der Waals surface area contributed by atoms with Crippen LogP contribution in [0.1, 0.15) is 54.7 Å². The molecule has 0 saturated carbocycles. The molecule has 1 atom stereocenters. The van der Waals surface area contributed by atoms with E-state index in [0.29, 0.717) is 30.0 Å². The molecule has 9 nitrogen and oxygen atoms in total. The van der Waals surface area contributed by atoms with Crippen LogP contribution in [-0.4, -0.2) is 51.0 Å². The molecule has 0 fully saturated rings. The SMILES string of the molecule is COc1c(-c2csc([C@@H](O)CCCC(C)(C)O)n2)nc(C(N)=O)c(O)c1OC. The summed E-state index contributed by atoms with van der Waals surface area (Å²) < 4.78 is 10.4. The van der Waals surface area contributed by atoms with Crippen LogP contribution in [0.5, 0.6) is 17.2 Å². The monoisotopic (exact) mass is 411 g/mol. The number of thiazole rings is 1. The van der Waals surface area contributed by atoms with E-state index in [1.165, 1.54) is 25.6 Å². The molecule has 0 spiro atoms. The summed E-state index contributed by atoms with van der Waals surface area (Å²) in [5.74, 6) is -1.43. The first-order chi connectivity index (χ1) is 13.1. The maximum atomic E-state index is 11.6. The molecule has 0 saturated heterocycles. The lowest BCUT2D eigenvalue weighted by Crippen LogP contribution is -2.18. The molecule has 2 rings (SSSR count). The fourth-order valence-electron chi connectivity index (χ4n) is 2.66. The molecule has 2 heterocycles. The van der Waals surface area contributed by atoms with Crippen LogP contribution in [0.3, 0.4) is 0 Å². The zero-order valence-electron chi connectivity index (χ0n) is 16.2. The number of carbonyl (C=O) groups is 1. The topological polar surface area (TPSA) is 148 Å². The van der Waals surface area contributed by atoms with Gasteiger partial charge < -0.3 is 30.5 Å². The molecular weight excluding hydrogens is 386 g/mol. The van der Waals surface area contributed by atoms with E-state index in [1.54, 1.807) is 19.2 Å². The second-order valence-corrected chi connectivity index (χ2v) is 7.77. The Morgan fingerprint density at radius 1 is 1.29 bits per heavy atom. The molecule has 1 amide bonds. The summed E-state index contributed by atoms with van der Waals surface area (Å²) in [6.07, 6.45) is 0.809. The average molecular weight is 411 g/mol. The minimum atomic E-state index is -0.929. The molecule has 154 valence electrons. The van der Waals surface area contributed by atoms with Crippen LogP contribution in [0.15, 0.2) is 5.38 Å². The standard InChI is InChI=1S/C18H25N3O6S/c1-18(2,25)7-5-6-10(22)17-20-9(8-28-17)11-14(26-3)15(27-4)13(23)12(21-11)16(19)24/h8,10,22-23,25H,5-7H2,1-4H3,(H2,19,24)/t10-/m0/s1. The lowest BCUT2D eigenvalue weighted by molar-refractivity contribution is 0.0619. The van der Waals surface area contributed by atoms with Crippen molar-refractivity contribution in [2.75, 3.05) is 14.2 Å². The van der Waals surface area contributed by atoms with Gasteiger partial charge in [0.25, 0.3) is 5.91 Å². The van der Waals surface area contributed by atoms with Crippen molar-refractivity contribution in [2.45, 2.75) is 44.8 Å². The van der Waals surface area contributed by atoms with E-state index in [1.807, 2.05) is 0 Å². The molecule has 0 aliphatic carbocycles. The second-order valence-electron chi connectivity index (χ2n) is 6.88. The number of aliphatic hydroxyl groups is 2. The van der Waals surface area contributed by atoms with Gasteiger partial charge in [0.1, 0.15) is 22.5 Å². The van der Waals surface area contributed by atoms with Crippen molar-refractivity contribution in [1.82, 2.24) is 9.97 Å². The first-order valence-electron chi connectivity index (χ1n) is 8.60. The van der Waals surface area contributed by atoms with Crippen LogP contribution in [0.25, 0.3) is 11.4 Å². The van der Waals surface area contributed by atoms with Gasteiger partial charge in [-0.3, -0.25) is 4.79 Å². The zero-order chi connectivity index (χ0) is 21.1. The Balaban J connectivity index is 2.36. The van der Waals surface area contributed by atoms with Crippen LogP contribution in [0.4, 0.5) is 0 Å². The number of aromatic nitrogens is 2. The van der Waals surface area contributed by atoms with Gasteiger partial charge >= 0.3 is 0 Å². The summed E-state index contributed by atoms with van der Waals surface area (Å²) in [7, 11) is 2.68. The molecule has 10 heteroatoms. The third-order valence-corrected chi connectivity index (χ3v) is 4.99. The van der Waals surface area contributed by atoms with Gasteiger partial charge in [-0.15, -0.1) is 11.3 Å². The molecule has 2 aromatic rings. The molecule has 28 heavy (non-hydrogen) atoms. The van der Waals surface area contributed by atoms with Gasteiger partial charge in [-0.25, -0.2) is 9.97 Å². The number of hydrogen-bond acceptors (Lipinski definition) is 9. The second kappa shape index (κ2) is 8.72. The van der Waals surface area contributed by atoms with Crippen LogP contribution in [-0.2, 0) is 0 Å². The number of carbonyl (C=O) groups excluding carboxylic acids is 1. The molecule has 0 unspecified atom stereocenters. The summed E-state index contributed by atoms with van der Waals surface area (Å²) in [5, 5.41) is 32.4. The number of methoxy groups -OCH3 is 2. The van der Waals surface area contributed by atoms with Gasteiger partial charge in [-0.2, -0.15) is 0 Å². The van der Waals surface area contributed by atoms with Gasteiger partial charge in [0.15, 0.2) is 17.2 Å². The Bertz CT molecular complexity index is 847. The average Bonchev–Trinajstić information content (AvgIpc) is 3.09. The van der Waals surface area contributed by atoms with Gasteiger partial charge in [0.2, 0.25) is 5.75 Å². The maximum absolute atomic E-state index is 11.6. The lowest BCUT2D eigenvalue weighted by Gasteiger charge is -2.17. The number of aliphatic hydroxyl groups excluding tert-OH is 1. The van der Waals surface area contributed by atoms with Crippen molar-refractivity contribution in [3.8, 4) is 28.6 Å². The molecule has 0 radical (unpaired) electrons. The Morgan fingerprint density at radius 2 is 1.93 bits per heavy atom. The van der Waals surface area contributed by atoms with Crippen LogP contribution >= 0.6 is 11.3 Å². The number of hydrogen-bond donors (Lipinski definition) is 4. The van der Waals surface area contributed by atoms with Crippen molar-refractivity contribution in [3.63, 3.8) is 0 Å². The predicted molar refractivity (Wildman–Crippen MR) is 104 cm³/mol. The molecule has 2 aromatic heterocycles. The van der Waals surface area contributed by atoms with Gasteiger partial charge in [-0.1, -0.05) is 0 Å². The molecular formula is C18H25N3O6S. The van der Waals surface area contributed by atoms with Gasteiger partial charge in [-0.05, 0) is 33.1 Å². The quantitative estimate of drug-likeness (QED) is 0.490. The van der Waals surface area contributed by atoms with Crippen LogP contribution < -0.4 is 15.2 Å². The fourth-order valence-corrected chi connectivity index (χ4v) is 3.49. The van der Waals surface area contributed by atoms with E-state index in [4.69, 9.17) is 15.2 Å². The summed E-state index contributed by atoms with van der Waals surface area (Å²) in [5.41, 5.74) is 4.63. The van der Waals surface area contributed by atoms with Crippen molar-refractivity contribution >= 4 is 17.2 Å². The van der Waals surface area contributed by atoms with Gasteiger partial charge in [0.05, 0.1) is 19.8 Å². The fraction of sp³-hybridized carbons (Fsp3) is 0.500. The summed E-state index contributed by atoms with van der Waals surface area (Å²) in [6.45, 7) is 3.43. The largest absolute Gasteiger partial charge is 0.503 e. The van der Waals surface area contributed by atoms with E-state index in [-0.39, 0.29) is 22.9 Å². The summed E-state index contributed by atoms with van der Waals surface area (Å²) in [6, 6.07) is 0. The third kappa shape index (κ3) is 4.89. The van der Waals surface area contributed by atoms with Crippen LogP contribution in [0.2, 0.25) is 0 Å². The Morgan fingerprint density at radius 3 is 2.46 bits per heavy atom. The smallest absolute Gasteiger partial charge is 0.271 e. The Hall–Kier alpha value is -2.43. The highest BCUT2D eigenvalue weighted by atomic mass is 32.1. The van der Waals surface area contributed by atoms with E-state index in [0.717, 1.165) is 0 Å². The first kappa shape index (κ1) is 21.9. The Labute approximate surface area is 166 Å². The number of ether oxygens (including phenoxy) is 2. The molecule has 0 aliphatic rings. The highest BCUT2D eigenvalue weighted by Gasteiger charge is 2.26. The van der Waals surface area contributed by atoms with E-state index in [2.05, 4.69) is 9.97 Å². The van der Waals surface area contributed by atoms with Crippen molar-refractivity contribution in [1.29, 1.82) is 0 Å². The minimum Gasteiger partial charge on any atom is -0.503 e. The lowest BCUT2D eigenvalue weighted by atomic mass is 10.0. The number of primary amides is 1. The molecule has 0 aliphatic heterocycles. The summed E-state index contributed by atoms with van der Waals surface area (Å²) in [4.78, 5) is 20.1. The number of pyridine rings is 1. The Kier molecular flexibility index (Phi) is 6.81. The van der Waals surface area contributed by atoms with Crippen molar-refractivity contribution < 1.29 is 29.6 Å². The predicted octanol–water partition coefficient (Wildman–Crippen LogP) is 2.00. The number of nitrogens with two attached hydrogens (primary N) is 1. The highest BCUT2D eigenvalue weighted by Crippen LogP contribution is 2.44. The highest BCUT2D eigenvalue weighted by molar-refractivity contribution is 7.10. The van der Waals surface area contributed by atoms with E-state index < -0.39 is 23.4 Å². The number of aromatic hydroxyl groups is 1. The summed E-state index contributed by atoms with van der Waals surface area (Å²) >= 11 is 1.22. The van der Waals surface area contributed by atoms with Gasteiger partial charge in [0, 0.05) is 5.38 Å². The van der Waals surface area contributed by atoms with E-state index >= 15 is 0 Å². The molecule has 5 N–H and O–H groups in total.